The van der Waals surface area contributed by atoms with Crippen LogP contribution in [0.15, 0.2) is 41.2 Å². The average Bonchev–Trinajstić information content (AvgIpc) is 3.20. The molecule has 1 atom stereocenters. The Bertz CT molecular complexity index is 630. The Morgan fingerprint density at radius 1 is 1.41 bits per heavy atom. The molecule has 0 bridgehead atoms. The van der Waals surface area contributed by atoms with Gasteiger partial charge in [-0.1, -0.05) is 6.07 Å². The fourth-order valence-electron chi connectivity index (χ4n) is 2.40. The maximum absolute atomic E-state index is 12.1. The predicted octanol–water partition coefficient (Wildman–Crippen LogP) is 3.40. The molecule has 0 aliphatic carbocycles. The van der Waals surface area contributed by atoms with Gasteiger partial charge in [0, 0.05) is 6.61 Å². The molecule has 116 valence electrons. The third kappa shape index (κ3) is 3.49. The zero-order valence-corrected chi connectivity index (χ0v) is 12.5. The molecule has 0 saturated carbocycles. The maximum Gasteiger partial charge on any atom is 0.259 e. The van der Waals surface area contributed by atoms with Crippen LogP contribution in [0.5, 0.6) is 5.75 Å². The summed E-state index contributed by atoms with van der Waals surface area (Å²) >= 11 is 0. The Morgan fingerprint density at radius 2 is 2.32 bits per heavy atom. The molecule has 1 aromatic heterocycles. The van der Waals surface area contributed by atoms with Gasteiger partial charge in [-0.15, -0.1) is 0 Å². The number of rotatable bonds is 5. The van der Waals surface area contributed by atoms with E-state index in [0.717, 1.165) is 25.0 Å². The number of furan rings is 1. The van der Waals surface area contributed by atoms with Gasteiger partial charge in [0.25, 0.3) is 5.91 Å². The molecular weight excluding hydrogens is 282 g/mol. The molecule has 5 nitrogen and oxygen atoms in total. The normalized spacial score (nSPS) is 17.4. The molecule has 1 aromatic carbocycles. The molecule has 5 heteroatoms. The Hall–Kier alpha value is -2.27. The van der Waals surface area contributed by atoms with E-state index in [4.69, 9.17) is 13.9 Å². The predicted molar refractivity (Wildman–Crippen MR) is 82.3 cm³/mol. The summed E-state index contributed by atoms with van der Waals surface area (Å²) in [5.74, 6) is 0.437. The summed E-state index contributed by atoms with van der Waals surface area (Å²) in [6, 6.07) is 7.32. The number of anilines is 1. The molecule has 0 radical (unpaired) electrons. The van der Waals surface area contributed by atoms with Crippen LogP contribution in [0.3, 0.4) is 0 Å². The van der Waals surface area contributed by atoms with Crippen molar-refractivity contribution in [3.05, 3.63) is 47.9 Å². The van der Waals surface area contributed by atoms with Crippen molar-refractivity contribution in [1.29, 1.82) is 0 Å². The van der Waals surface area contributed by atoms with Crippen LogP contribution in [0.1, 0.15) is 28.8 Å². The van der Waals surface area contributed by atoms with E-state index < -0.39 is 0 Å². The molecule has 1 aliphatic heterocycles. The van der Waals surface area contributed by atoms with Crippen molar-refractivity contribution in [3.63, 3.8) is 0 Å². The minimum absolute atomic E-state index is 0.137. The van der Waals surface area contributed by atoms with Gasteiger partial charge in [0.05, 0.1) is 23.6 Å². The summed E-state index contributed by atoms with van der Waals surface area (Å²) in [6.07, 6.45) is 5.11. The van der Waals surface area contributed by atoms with Crippen LogP contribution in [0.2, 0.25) is 0 Å². The molecular formula is C17H19NO4. The molecule has 1 amide bonds. The Morgan fingerprint density at radius 3 is 3.05 bits per heavy atom. The van der Waals surface area contributed by atoms with E-state index in [2.05, 4.69) is 5.32 Å². The fraction of sp³-hybridized carbons (Fsp3) is 0.353. The topological polar surface area (TPSA) is 60.7 Å². The Balaban J connectivity index is 1.70. The number of aryl methyl sites for hydroxylation is 1. The lowest BCUT2D eigenvalue weighted by Gasteiger charge is -2.15. The van der Waals surface area contributed by atoms with Crippen LogP contribution in [0, 0.1) is 6.92 Å². The number of hydrogen-bond donors (Lipinski definition) is 1. The molecule has 0 spiro atoms. The maximum atomic E-state index is 12.1. The summed E-state index contributed by atoms with van der Waals surface area (Å²) in [5, 5.41) is 2.85. The minimum atomic E-state index is -0.223. The summed E-state index contributed by atoms with van der Waals surface area (Å²) in [7, 11) is 0. The molecule has 22 heavy (non-hydrogen) atoms. The van der Waals surface area contributed by atoms with Crippen LogP contribution in [0.25, 0.3) is 0 Å². The third-order valence-electron chi connectivity index (χ3n) is 3.62. The zero-order chi connectivity index (χ0) is 15.4. The van der Waals surface area contributed by atoms with Crippen molar-refractivity contribution in [1.82, 2.24) is 0 Å². The van der Waals surface area contributed by atoms with Crippen LogP contribution in [-0.2, 0) is 4.74 Å². The van der Waals surface area contributed by atoms with Crippen LogP contribution in [-0.4, -0.2) is 25.2 Å². The van der Waals surface area contributed by atoms with E-state index >= 15 is 0 Å². The average molecular weight is 301 g/mol. The van der Waals surface area contributed by atoms with Crippen molar-refractivity contribution < 1.29 is 18.7 Å². The number of amides is 1. The second-order valence-corrected chi connectivity index (χ2v) is 5.41. The van der Waals surface area contributed by atoms with E-state index in [0.29, 0.717) is 23.6 Å². The number of ether oxygens (including phenoxy) is 2. The van der Waals surface area contributed by atoms with Crippen LogP contribution < -0.4 is 10.1 Å². The monoisotopic (exact) mass is 301 g/mol. The van der Waals surface area contributed by atoms with Crippen LogP contribution >= 0.6 is 0 Å². The summed E-state index contributed by atoms with van der Waals surface area (Å²) in [6.45, 7) is 3.28. The molecule has 3 rings (SSSR count). The molecule has 1 fully saturated rings. The lowest BCUT2D eigenvalue weighted by molar-refractivity contribution is 0.0681. The highest BCUT2D eigenvalue weighted by atomic mass is 16.5. The first-order valence-corrected chi connectivity index (χ1v) is 7.41. The Kier molecular flexibility index (Phi) is 4.44. The standard InChI is InChI=1S/C17H19NO4/c1-12-4-5-15(18-17(19)13-6-8-20-10-13)16(9-12)22-11-14-3-2-7-21-14/h4-6,8-10,14H,2-3,7,11H2,1H3,(H,18,19). The fourth-order valence-corrected chi connectivity index (χ4v) is 2.40. The van der Waals surface area contributed by atoms with Crippen molar-refractivity contribution in [2.75, 3.05) is 18.5 Å². The van der Waals surface area contributed by atoms with Gasteiger partial charge in [0.15, 0.2) is 0 Å². The summed E-state index contributed by atoms with van der Waals surface area (Å²) in [5.41, 5.74) is 2.20. The van der Waals surface area contributed by atoms with Crippen molar-refractivity contribution in [3.8, 4) is 5.75 Å². The second-order valence-electron chi connectivity index (χ2n) is 5.41. The lowest BCUT2D eigenvalue weighted by Crippen LogP contribution is -2.18. The quantitative estimate of drug-likeness (QED) is 0.919. The molecule has 1 N–H and O–H groups in total. The lowest BCUT2D eigenvalue weighted by atomic mass is 10.2. The largest absolute Gasteiger partial charge is 0.489 e. The molecule has 1 saturated heterocycles. The summed E-state index contributed by atoms with van der Waals surface area (Å²) < 4.78 is 16.3. The Labute approximate surface area is 129 Å². The molecule has 2 heterocycles. The first kappa shape index (κ1) is 14.7. The first-order chi connectivity index (χ1) is 10.7. The third-order valence-corrected chi connectivity index (χ3v) is 3.62. The number of nitrogens with one attached hydrogen (secondary N) is 1. The van der Waals surface area contributed by atoms with Crippen LogP contribution in [0.4, 0.5) is 5.69 Å². The molecule has 1 aliphatic rings. The smallest absolute Gasteiger partial charge is 0.259 e. The van der Waals surface area contributed by atoms with Gasteiger partial charge in [0.2, 0.25) is 0 Å². The van der Waals surface area contributed by atoms with E-state index in [1.807, 2.05) is 25.1 Å². The van der Waals surface area contributed by atoms with E-state index in [9.17, 15) is 4.79 Å². The highest BCUT2D eigenvalue weighted by Gasteiger charge is 2.17. The number of carbonyl (C=O) groups excluding carboxylic acids is 1. The van der Waals surface area contributed by atoms with E-state index in [-0.39, 0.29) is 12.0 Å². The second kappa shape index (κ2) is 6.66. The minimum Gasteiger partial charge on any atom is -0.489 e. The highest BCUT2D eigenvalue weighted by molar-refractivity contribution is 6.04. The first-order valence-electron chi connectivity index (χ1n) is 7.41. The number of benzene rings is 1. The zero-order valence-electron chi connectivity index (χ0n) is 12.5. The molecule has 1 unspecified atom stereocenters. The van der Waals surface area contributed by atoms with Gasteiger partial charge in [0.1, 0.15) is 18.6 Å². The van der Waals surface area contributed by atoms with Gasteiger partial charge >= 0.3 is 0 Å². The van der Waals surface area contributed by atoms with Gasteiger partial charge in [-0.3, -0.25) is 4.79 Å². The van der Waals surface area contributed by atoms with Crippen molar-refractivity contribution in [2.45, 2.75) is 25.9 Å². The van der Waals surface area contributed by atoms with Gasteiger partial charge < -0.3 is 19.2 Å². The van der Waals surface area contributed by atoms with Gasteiger partial charge in [-0.25, -0.2) is 0 Å². The SMILES string of the molecule is Cc1ccc(NC(=O)c2ccoc2)c(OCC2CCCO2)c1. The van der Waals surface area contributed by atoms with Gasteiger partial charge in [-0.2, -0.15) is 0 Å². The van der Waals surface area contributed by atoms with Gasteiger partial charge in [-0.05, 0) is 43.5 Å². The number of hydrogen-bond acceptors (Lipinski definition) is 4. The van der Waals surface area contributed by atoms with E-state index in [1.54, 1.807) is 6.07 Å². The summed E-state index contributed by atoms with van der Waals surface area (Å²) in [4.78, 5) is 12.1. The molecule has 2 aromatic rings. The highest BCUT2D eigenvalue weighted by Crippen LogP contribution is 2.27. The number of carbonyl (C=O) groups is 1. The van der Waals surface area contributed by atoms with E-state index in [1.165, 1.54) is 12.5 Å². The van der Waals surface area contributed by atoms with Crippen molar-refractivity contribution >= 4 is 11.6 Å². The van der Waals surface area contributed by atoms with Crippen molar-refractivity contribution in [2.24, 2.45) is 0 Å².